The molecule has 2 atom stereocenters. The van der Waals surface area contributed by atoms with Crippen LogP contribution >= 0.6 is 0 Å². The van der Waals surface area contributed by atoms with E-state index in [4.69, 9.17) is 0 Å². The van der Waals surface area contributed by atoms with Gasteiger partial charge in [0, 0.05) is 0 Å². The van der Waals surface area contributed by atoms with Crippen LogP contribution in [0, 0.1) is 0 Å². The van der Waals surface area contributed by atoms with Gasteiger partial charge < -0.3 is 5.11 Å². The number of hydrogen-bond donors (Lipinski definition) is 1. The van der Waals surface area contributed by atoms with Gasteiger partial charge in [-0.3, -0.25) is 4.79 Å². The summed E-state index contributed by atoms with van der Waals surface area (Å²) in [4.78, 5) is 11.8. The van der Waals surface area contributed by atoms with E-state index in [1.807, 2.05) is 24.3 Å². The van der Waals surface area contributed by atoms with E-state index < -0.39 is 11.9 Å². The molecule has 1 aromatic carbocycles. The van der Waals surface area contributed by atoms with Crippen molar-refractivity contribution >= 4 is 5.97 Å². The predicted molar refractivity (Wildman–Crippen MR) is 116 cm³/mol. The molecule has 0 aromatic heterocycles. The Labute approximate surface area is 166 Å². The largest absolute Gasteiger partial charge is 0.481 e. The number of carboxylic acid groups (broad SMARTS) is 1. The fourth-order valence-corrected chi connectivity index (χ4v) is 3.79. The first kappa shape index (κ1) is 23.2. The van der Waals surface area contributed by atoms with Crippen molar-refractivity contribution in [1.82, 2.24) is 0 Å². The van der Waals surface area contributed by atoms with Gasteiger partial charge in [-0.25, -0.2) is 0 Å². The highest BCUT2D eigenvalue weighted by atomic mass is 16.4. The molecule has 0 radical (unpaired) electrons. The third kappa shape index (κ3) is 8.60. The van der Waals surface area contributed by atoms with Gasteiger partial charge in [0.1, 0.15) is 0 Å². The normalized spacial score (nSPS) is 13.6. The molecule has 0 aliphatic heterocycles. The minimum atomic E-state index is -0.707. The molecule has 1 N–H and O–H groups in total. The lowest BCUT2D eigenvalue weighted by molar-refractivity contribution is -0.139. The summed E-state index contributed by atoms with van der Waals surface area (Å²) in [5.41, 5.74) is 2.22. The Morgan fingerprint density at radius 3 is 2.37 bits per heavy atom. The van der Waals surface area contributed by atoms with Crippen molar-refractivity contribution in [3.63, 3.8) is 0 Å². The van der Waals surface area contributed by atoms with E-state index in [0.717, 1.165) is 31.2 Å². The number of carboxylic acids is 1. The average Bonchev–Trinajstić information content (AvgIpc) is 2.67. The van der Waals surface area contributed by atoms with E-state index in [2.05, 4.69) is 38.6 Å². The molecule has 0 aliphatic rings. The van der Waals surface area contributed by atoms with Crippen LogP contribution in [-0.4, -0.2) is 11.1 Å². The molecule has 2 unspecified atom stereocenters. The molecule has 0 saturated carbocycles. The van der Waals surface area contributed by atoms with E-state index in [9.17, 15) is 9.90 Å². The molecule has 0 aliphatic carbocycles. The lowest BCUT2D eigenvalue weighted by Gasteiger charge is -2.23. The number of rotatable bonds is 15. The van der Waals surface area contributed by atoms with Crippen LogP contribution in [0.4, 0.5) is 0 Å². The van der Waals surface area contributed by atoms with E-state index in [1.165, 1.54) is 37.7 Å². The van der Waals surface area contributed by atoms with Gasteiger partial charge >= 0.3 is 5.97 Å². The molecule has 1 aromatic rings. The molecule has 27 heavy (non-hydrogen) atoms. The number of unbranched alkanes of at least 4 members (excludes halogenated alkanes) is 4. The second kappa shape index (κ2) is 14.3. The Bertz CT molecular complexity index is 573. The summed E-state index contributed by atoms with van der Waals surface area (Å²) in [6.07, 6.45) is 17.4. The zero-order valence-corrected chi connectivity index (χ0v) is 17.3. The number of carbonyl (C=O) groups is 1. The van der Waals surface area contributed by atoms with Gasteiger partial charge in [-0.1, -0.05) is 82.0 Å². The Balaban J connectivity index is 2.72. The van der Waals surface area contributed by atoms with Crippen molar-refractivity contribution in [3.8, 4) is 0 Å². The Morgan fingerprint density at radius 1 is 1.04 bits per heavy atom. The summed E-state index contributed by atoms with van der Waals surface area (Å²) in [7, 11) is 0. The van der Waals surface area contributed by atoms with Crippen molar-refractivity contribution in [1.29, 1.82) is 0 Å². The van der Waals surface area contributed by atoms with E-state index >= 15 is 0 Å². The molecular weight excluding hydrogens is 332 g/mol. The van der Waals surface area contributed by atoms with Gasteiger partial charge in [0.05, 0.1) is 5.92 Å². The highest BCUT2D eigenvalue weighted by Crippen LogP contribution is 2.34. The standard InChI is InChI=1S/C25H38O2/c1-4-7-8-9-10-11-12-13-18-21(16-5-2)22-19-14-15-20-23(22)24(17-6-3)25(26)27/h5,7-8,14-15,19-21,24H,2,4,6,9-13,16-18H2,1,3H3,(H,26,27)/b8-7+. The van der Waals surface area contributed by atoms with Crippen molar-refractivity contribution in [2.75, 3.05) is 0 Å². The number of benzene rings is 1. The maximum atomic E-state index is 11.8. The molecule has 0 fully saturated rings. The predicted octanol–water partition coefficient (Wildman–Crippen LogP) is 7.62. The third-order valence-electron chi connectivity index (χ3n) is 5.21. The number of hydrogen-bond acceptors (Lipinski definition) is 1. The van der Waals surface area contributed by atoms with Crippen LogP contribution in [0.2, 0.25) is 0 Å². The first-order valence-corrected chi connectivity index (χ1v) is 10.7. The SMILES string of the molecule is C=CCC(CCCCCC/C=C/CC)c1ccccc1C(CCC)C(=O)O. The first-order valence-electron chi connectivity index (χ1n) is 10.7. The van der Waals surface area contributed by atoms with E-state index in [-0.39, 0.29) is 0 Å². The molecule has 2 heteroatoms. The minimum absolute atomic E-state index is 0.373. The molecule has 0 amide bonds. The first-order chi connectivity index (χ1) is 13.2. The van der Waals surface area contributed by atoms with Crippen LogP contribution in [0.5, 0.6) is 0 Å². The van der Waals surface area contributed by atoms with Gasteiger partial charge in [-0.15, -0.1) is 6.58 Å². The fraction of sp³-hybridized carbons (Fsp3) is 0.560. The van der Waals surface area contributed by atoms with E-state index in [1.54, 1.807) is 0 Å². The lowest BCUT2D eigenvalue weighted by Crippen LogP contribution is -2.15. The molecular formula is C25H38O2. The summed E-state index contributed by atoms with van der Waals surface area (Å²) in [5.74, 6) is -0.733. The summed E-state index contributed by atoms with van der Waals surface area (Å²) in [6, 6.07) is 8.16. The van der Waals surface area contributed by atoms with Gasteiger partial charge in [-0.05, 0) is 55.6 Å². The highest BCUT2D eigenvalue weighted by molar-refractivity contribution is 5.76. The molecule has 0 bridgehead atoms. The van der Waals surface area contributed by atoms with Gasteiger partial charge in [0.2, 0.25) is 0 Å². The maximum Gasteiger partial charge on any atom is 0.310 e. The van der Waals surface area contributed by atoms with Crippen LogP contribution in [0.1, 0.15) is 101 Å². The van der Waals surface area contributed by atoms with Crippen molar-refractivity contribution < 1.29 is 9.90 Å². The summed E-state index contributed by atoms with van der Waals surface area (Å²) >= 11 is 0. The van der Waals surface area contributed by atoms with Gasteiger partial charge in [-0.2, -0.15) is 0 Å². The van der Waals surface area contributed by atoms with Gasteiger partial charge in [0.15, 0.2) is 0 Å². The van der Waals surface area contributed by atoms with E-state index in [0.29, 0.717) is 12.3 Å². The second-order valence-electron chi connectivity index (χ2n) is 7.40. The van der Waals surface area contributed by atoms with Gasteiger partial charge in [0.25, 0.3) is 0 Å². The van der Waals surface area contributed by atoms with Crippen molar-refractivity contribution in [2.45, 2.75) is 89.9 Å². The van der Waals surface area contributed by atoms with Crippen LogP contribution in [-0.2, 0) is 4.79 Å². The average molecular weight is 371 g/mol. The molecule has 150 valence electrons. The summed E-state index contributed by atoms with van der Waals surface area (Å²) in [5, 5.41) is 9.70. The molecule has 0 spiro atoms. The molecule has 0 heterocycles. The third-order valence-corrected chi connectivity index (χ3v) is 5.21. The monoisotopic (exact) mass is 370 g/mol. The lowest BCUT2D eigenvalue weighted by atomic mass is 9.82. The Morgan fingerprint density at radius 2 is 1.74 bits per heavy atom. The Hall–Kier alpha value is -1.83. The topological polar surface area (TPSA) is 37.3 Å². The molecule has 0 saturated heterocycles. The summed E-state index contributed by atoms with van der Waals surface area (Å²) in [6.45, 7) is 8.16. The second-order valence-corrected chi connectivity index (χ2v) is 7.40. The van der Waals surface area contributed by atoms with Crippen molar-refractivity contribution in [2.24, 2.45) is 0 Å². The van der Waals surface area contributed by atoms with Crippen LogP contribution in [0.25, 0.3) is 0 Å². The Kier molecular flexibility index (Phi) is 12.3. The maximum absolute atomic E-state index is 11.8. The molecule has 2 nitrogen and oxygen atoms in total. The smallest absolute Gasteiger partial charge is 0.310 e. The van der Waals surface area contributed by atoms with Crippen LogP contribution in [0.3, 0.4) is 0 Å². The summed E-state index contributed by atoms with van der Waals surface area (Å²) < 4.78 is 0. The zero-order chi connectivity index (χ0) is 19.9. The molecule has 1 rings (SSSR count). The minimum Gasteiger partial charge on any atom is -0.481 e. The number of aliphatic carboxylic acids is 1. The zero-order valence-electron chi connectivity index (χ0n) is 17.3. The fourth-order valence-electron chi connectivity index (χ4n) is 3.79. The number of allylic oxidation sites excluding steroid dienone is 3. The quantitative estimate of drug-likeness (QED) is 0.255. The van der Waals surface area contributed by atoms with Crippen LogP contribution in [0.15, 0.2) is 49.1 Å². The highest BCUT2D eigenvalue weighted by Gasteiger charge is 2.24. The van der Waals surface area contributed by atoms with Crippen molar-refractivity contribution in [3.05, 3.63) is 60.2 Å². The van der Waals surface area contributed by atoms with Crippen LogP contribution < -0.4 is 0 Å².